The van der Waals surface area contributed by atoms with Crippen molar-refractivity contribution in [1.29, 1.82) is 0 Å². The molecule has 0 aromatic rings. The molecule has 0 fully saturated rings. The molecule has 0 saturated carbocycles. The van der Waals surface area contributed by atoms with E-state index in [1.54, 1.807) is 0 Å². The first-order valence-corrected chi connectivity index (χ1v) is 19.3. The molecule has 0 bridgehead atoms. The lowest BCUT2D eigenvalue weighted by molar-refractivity contribution is 0.269. The Labute approximate surface area is 258 Å². The molecule has 40 heavy (non-hydrogen) atoms. The zero-order valence-electron chi connectivity index (χ0n) is 28.7. The quantitative estimate of drug-likeness (QED) is 0.0530. The van der Waals surface area contributed by atoms with Gasteiger partial charge in [0.1, 0.15) is 0 Å². The van der Waals surface area contributed by atoms with E-state index in [1.807, 2.05) is 11.9 Å². The van der Waals surface area contributed by atoms with Crippen LogP contribution in [-0.2, 0) is 0 Å². The molecule has 0 saturated heterocycles. The third-order valence-corrected chi connectivity index (χ3v) is 10.7. The Balaban J connectivity index is 3.39. The molecule has 0 aromatic carbocycles. The average Bonchev–Trinajstić information content (AvgIpc) is 2.97. The lowest BCUT2D eigenvalue weighted by Crippen LogP contribution is -2.27. The molecule has 0 amide bonds. The van der Waals surface area contributed by atoms with Gasteiger partial charge in [0.2, 0.25) is 0 Å². The molecule has 0 aliphatic heterocycles. The fraction of sp³-hybridized carbons (Fsp3) is 1.00. The van der Waals surface area contributed by atoms with Crippen molar-refractivity contribution in [1.82, 2.24) is 15.4 Å². The zero-order valence-corrected chi connectivity index (χ0v) is 29.5. The molecule has 3 N–H and O–H groups in total. The highest BCUT2D eigenvalue weighted by Gasteiger charge is 2.18. The molecular formula is C36H77N3S. The third kappa shape index (κ3) is 25.9. The van der Waals surface area contributed by atoms with Gasteiger partial charge in [0.05, 0.1) is 0 Å². The van der Waals surface area contributed by atoms with Crippen molar-refractivity contribution in [2.75, 3.05) is 38.5 Å². The summed E-state index contributed by atoms with van der Waals surface area (Å²) < 4.78 is 3.56. The van der Waals surface area contributed by atoms with Crippen molar-refractivity contribution in [3.63, 3.8) is 0 Å². The molecule has 0 heterocycles. The second-order valence-electron chi connectivity index (χ2n) is 13.2. The minimum absolute atomic E-state index is 0.527. The van der Waals surface area contributed by atoms with E-state index in [9.17, 15) is 0 Å². The maximum absolute atomic E-state index is 3.63. The molecule has 0 aliphatic rings. The second-order valence-corrected chi connectivity index (χ2v) is 14.2. The first-order valence-electron chi connectivity index (χ1n) is 18.3. The number of hydrogen-bond acceptors (Lipinski definition) is 4. The minimum Gasteiger partial charge on any atom is -0.317 e. The molecule has 4 heteroatoms. The van der Waals surface area contributed by atoms with E-state index in [2.05, 4.69) is 56.9 Å². The third-order valence-electron chi connectivity index (χ3n) is 9.75. The highest BCUT2D eigenvalue weighted by Crippen LogP contribution is 2.29. The molecule has 242 valence electrons. The van der Waals surface area contributed by atoms with Gasteiger partial charge in [0.25, 0.3) is 0 Å². The van der Waals surface area contributed by atoms with E-state index in [4.69, 9.17) is 0 Å². The van der Waals surface area contributed by atoms with Crippen molar-refractivity contribution in [2.24, 2.45) is 17.3 Å². The standard InChI is InChI=1S/C36H77N3S/c1-7-11-12-13-17-20-25-35(34(5)8-2)26-21-18-15-14-16-19-22-33-40-39-31-24-30-37-28-23-29-38-32-27-36(6,9-3)10-4/h34-35,37-39H,7-33H2,1-6H3. The van der Waals surface area contributed by atoms with E-state index in [0.717, 1.165) is 44.6 Å². The molecule has 2 unspecified atom stereocenters. The van der Waals surface area contributed by atoms with E-state index in [-0.39, 0.29) is 0 Å². The van der Waals surface area contributed by atoms with E-state index >= 15 is 0 Å². The van der Waals surface area contributed by atoms with Crippen LogP contribution in [-0.4, -0.2) is 38.5 Å². The van der Waals surface area contributed by atoms with E-state index in [0.29, 0.717) is 5.41 Å². The van der Waals surface area contributed by atoms with Crippen LogP contribution in [0.3, 0.4) is 0 Å². The molecule has 0 aromatic heterocycles. The Morgan fingerprint density at radius 2 is 1.07 bits per heavy atom. The minimum atomic E-state index is 0.527. The van der Waals surface area contributed by atoms with Crippen LogP contribution in [0.5, 0.6) is 0 Å². The summed E-state index contributed by atoms with van der Waals surface area (Å²) in [4.78, 5) is 0. The van der Waals surface area contributed by atoms with Gasteiger partial charge in [-0.1, -0.05) is 163 Å². The van der Waals surface area contributed by atoms with Crippen molar-refractivity contribution < 1.29 is 0 Å². The number of unbranched alkanes of at least 4 members (excludes halogenated alkanes) is 11. The fourth-order valence-electron chi connectivity index (χ4n) is 5.71. The van der Waals surface area contributed by atoms with Crippen LogP contribution in [0, 0.1) is 17.3 Å². The number of hydrogen-bond donors (Lipinski definition) is 3. The van der Waals surface area contributed by atoms with Crippen molar-refractivity contribution in [3.8, 4) is 0 Å². The van der Waals surface area contributed by atoms with Gasteiger partial charge in [-0.25, -0.2) is 0 Å². The van der Waals surface area contributed by atoms with Crippen LogP contribution in [0.15, 0.2) is 0 Å². The van der Waals surface area contributed by atoms with Crippen LogP contribution in [0.4, 0.5) is 0 Å². The summed E-state index contributed by atoms with van der Waals surface area (Å²) in [6.07, 6.45) is 29.3. The lowest BCUT2D eigenvalue weighted by Gasteiger charge is -2.26. The average molecular weight is 584 g/mol. The maximum atomic E-state index is 3.63. The highest BCUT2D eigenvalue weighted by molar-refractivity contribution is 7.97. The first-order chi connectivity index (χ1) is 19.5. The van der Waals surface area contributed by atoms with Crippen LogP contribution < -0.4 is 15.4 Å². The maximum Gasteiger partial charge on any atom is 0.00786 e. The molecular weight excluding hydrogens is 506 g/mol. The Bertz CT molecular complexity index is 483. The summed E-state index contributed by atoms with van der Waals surface area (Å²) in [6, 6.07) is 0. The van der Waals surface area contributed by atoms with Crippen molar-refractivity contribution in [3.05, 3.63) is 0 Å². The van der Waals surface area contributed by atoms with Crippen LogP contribution >= 0.6 is 11.9 Å². The molecule has 0 aliphatic carbocycles. The summed E-state index contributed by atoms with van der Waals surface area (Å²) in [6.45, 7) is 20.0. The van der Waals surface area contributed by atoms with Gasteiger partial charge in [-0.05, 0) is 69.1 Å². The SMILES string of the molecule is CCCCCCCCC(CCCCCCCCCSNCCCNCCCNCCC(C)(CC)CC)C(C)CC. The number of rotatable bonds is 33. The molecule has 0 rings (SSSR count). The summed E-state index contributed by atoms with van der Waals surface area (Å²) in [5.74, 6) is 3.17. The van der Waals surface area contributed by atoms with Crippen LogP contribution in [0.1, 0.15) is 176 Å². The topological polar surface area (TPSA) is 36.1 Å². The smallest absolute Gasteiger partial charge is 0.00786 e. The molecule has 0 spiro atoms. The second kappa shape index (κ2) is 30.7. The predicted octanol–water partition coefficient (Wildman–Crippen LogP) is 10.9. The predicted molar refractivity (Wildman–Crippen MR) is 187 cm³/mol. The summed E-state index contributed by atoms with van der Waals surface area (Å²) in [5, 5.41) is 7.22. The molecule has 3 nitrogen and oxygen atoms in total. The van der Waals surface area contributed by atoms with Crippen LogP contribution in [0.25, 0.3) is 0 Å². The van der Waals surface area contributed by atoms with Crippen LogP contribution in [0.2, 0.25) is 0 Å². The van der Waals surface area contributed by atoms with Gasteiger partial charge in [-0.3, -0.25) is 4.72 Å². The zero-order chi connectivity index (χ0) is 29.6. The van der Waals surface area contributed by atoms with Gasteiger partial charge in [0, 0.05) is 12.3 Å². The monoisotopic (exact) mass is 584 g/mol. The van der Waals surface area contributed by atoms with E-state index < -0.39 is 0 Å². The van der Waals surface area contributed by atoms with Gasteiger partial charge in [-0.15, -0.1) is 0 Å². The van der Waals surface area contributed by atoms with Gasteiger partial charge >= 0.3 is 0 Å². The molecule has 2 atom stereocenters. The number of nitrogens with one attached hydrogen (secondary N) is 3. The summed E-state index contributed by atoms with van der Waals surface area (Å²) in [7, 11) is 0. The Morgan fingerprint density at radius 1 is 0.575 bits per heavy atom. The Hall–Kier alpha value is 0.230. The first kappa shape index (κ1) is 40.2. The summed E-state index contributed by atoms with van der Waals surface area (Å²) in [5.41, 5.74) is 0.527. The molecule has 0 radical (unpaired) electrons. The Kier molecular flexibility index (Phi) is 30.9. The van der Waals surface area contributed by atoms with Gasteiger partial charge in [-0.2, -0.15) is 0 Å². The highest BCUT2D eigenvalue weighted by atomic mass is 32.2. The summed E-state index contributed by atoms with van der Waals surface area (Å²) >= 11 is 1.94. The Morgan fingerprint density at radius 3 is 1.62 bits per heavy atom. The lowest BCUT2D eigenvalue weighted by atomic mass is 9.81. The normalized spacial score (nSPS) is 13.7. The van der Waals surface area contributed by atoms with Gasteiger partial charge < -0.3 is 10.6 Å². The van der Waals surface area contributed by atoms with Crippen molar-refractivity contribution >= 4 is 11.9 Å². The fourth-order valence-corrected chi connectivity index (χ4v) is 6.49. The van der Waals surface area contributed by atoms with E-state index in [1.165, 1.54) is 141 Å². The largest absolute Gasteiger partial charge is 0.317 e. The van der Waals surface area contributed by atoms with Gasteiger partial charge in [0.15, 0.2) is 0 Å². The van der Waals surface area contributed by atoms with Crippen molar-refractivity contribution in [2.45, 2.75) is 176 Å².